The van der Waals surface area contributed by atoms with E-state index in [0.29, 0.717) is 0 Å². The average molecular weight is 462 g/mol. The molecular formula is C26H27N3O3S. The molecule has 0 bridgehead atoms. The second-order valence-corrected chi connectivity index (χ2v) is 9.45. The first-order valence-corrected chi connectivity index (χ1v) is 12.0. The number of amides is 1. The molecule has 1 atom stereocenters. The van der Waals surface area contributed by atoms with Crippen LogP contribution in [0.2, 0.25) is 0 Å². The number of hydrogen-bond acceptors (Lipinski definition) is 6. The molecule has 0 saturated carbocycles. The Morgan fingerprint density at radius 1 is 0.909 bits per heavy atom. The van der Waals surface area contributed by atoms with Crippen molar-refractivity contribution in [2.24, 2.45) is 0 Å². The van der Waals surface area contributed by atoms with E-state index in [-0.39, 0.29) is 18.0 Å². The molecule has 7 heteroatoms. The number of nitrogens with two attached hydrogens (primary N) is 1. The lowest BCUT2D eigenvalue weighted by Gasteiger charge is -2.36. The molecule has 1 saturated heterocycles. The molecule has 1 fully saturated rings. The first-order chi connectivity index (χ1) is 16.2. The van der Waals surface area contributed by atoms with Crippen molar-refractivity contribution >= 4 is 23.4 Å². The van der Waals surface area contributed by atoms with Crippen LogP contribution in [0, 0.1) is 0 Å². The van der Waals surface area contributed by atoms with Gasteiger partial charge in [-0.2, -0.15) is 0 Å². The van der Waals surface area contributed by atoms with Crippen LogP contribution in [0.1, 0.15) is 16.4 Å². The van der Waals surface area contributed by atoms with Gasteiger partial charge in [0.05, 0.1) is 0 Å². The molecule has 5 rings (SSSR count). The van der Waals surface area contributed by atoms with Crippen molar-refractivity contribution < 1.29 is 14.3 Å². The van der Waals surface area contributed by atoms with Crippen molar-refractivity contribution in [1.82, 2.24) is 9.80 Å². The third kappa shape index (κ3) is 5.10. The summed E-state index contributed by atoms with van der Waals surface area (Å²) >= 11 is 1.58. The number of carbonyl (C=O) groups is 1. The summed E-state index contributed by atoms with van der Waals surface area (Å²) in [5.41, 5.74) is 8.78. The first-order valence-electron chi connectivity index (χ1n) is 11.1. The molecule has 0 aromatic heterocycles. The van der Waals surface area contributed by atoms with Crippen LogP contribution in [-0.4, -0.2) is 48.7 Å². The number of rotatable bonds is 6. The lowest BCUT2D eigenvalue weighted by molar-refractivity contribution is -0.132. The van der Waals surface area contributed by atoms with Crippen LogP contribution >= 0.6 is 11.8 Å². The van der Waals surface area contributed by atoms with Crippen LogP contribution in [0.15, 0.2) is 77.7 Å². The second kappa shape index (κ2) is 9.77. The largest absolute Gasteiger partial charge is 0.454 e. The van der Waals surface area contributed by atoms with Crippen LogP contribution in [0.4, 0.5) is 5.69 Å². The smallest absolute Gasteiger partial charge is 0.240 e. The molecular weight excluding hydrogens is 434 g/mol. The van der Waals surface area contributed by atoms with Gasteiger partial charge >= 0.3 is 0 Å². The van der Waals surface area contributed by atoms with Gasteiger partial charge in [0.1, 0.15) is 5.25 Å². The summed E-state index contributed by atoms with van der Waals surface area (Å²) in [6.07, 6.45) is 0. The Bertz CT molecular complexity index is 1100. The lowest BCUT2D eigenvalue weighted by atomic mass is 10.1. The minimum absolute atomic E-state index is 0.158. The molecule has 0 radical (unpaired) electrons. The van der Waals surface area contributed by atoms with Gasteiger partial charge in [0.15, 0.2) is 11.5 Å². The summed E-state index contributed by atoms with van der Waals surface area (Å²) in [5, 5.41) is -0.282. The fraction of sp³-hybridized carbons (Fsp3) is 0.269. The van der Waals surface area contributed by atoms with Crippen LogP contribution in [0.3, 0.4) is 0 Å². The summed E-state index contributed by atoms with van der Waals surface area (Å²) in [6, 6.07) is 23.8. The van der Waals surface area contributed by atoms with Gasteiger partial charge in [-0.25, -0.2) is 0 Å². The Kier molecular flexibility index (Phi) is 6.41. The number of carbonyl (C=O) groups excluding carboxylic acids is 1. The van der Waals surface area contributed by atoms with E-state index in [0.717, 1.165) is 60.4 Å². The average Bonchev–Trinajstić information content (AvgIpc) is 3.32. The van der Waals surface area contributed by atoms with Crippen molar-refractivity contribution in [1.29, 1.82) is 0 Å². The molecule has 1 amide bonds. The molecule has 170 valence electrons. The topological polar surface area (TPSA) is 68.0 Å². The summed E-state index contributed by atoms with van der Waals surface area (Å²) in [7, 11) is 0. The third-order valence-corrected chi connectivity index (χ3v) is 7.24. The second-order valence-electron chi connectivity index (χ2n) is 8.27. The Morgan fingerprint density at radius 3 is 2.39 bits per heavy atom. The number of piperazine rings is 1. The Labute approximate surface area is 198 Å². The molecule has 6 nitrogen and oxygen atoms in total. The summed E-state index contributed by atoms with van der Waals surface area (Å²) in [6.45, 7) is 4.24. The normalized spacial score (nSPS) is 16.5. The van der Waals surface area contributed by atoms with Crippen LogP contribution in [0.25, 0.3) is 0 Å². The van der Waals surface area contributed by atoms with Crippen molar-refractivity contribution in [3.8, 4) is 11.5 Å². The number of anilines is 1. The zero-order valence-electron chi connectivity index (χ0n) is 18.4. The summed E-state index contributed by atoms with van der Waals surface area (Å²) < 4.78 is 10.9. The Balaban J connectivity index is 1.24. The molecule has 2 aliphatic heterocycles. The predicted molar refractivity (Wildman–Crippen MR) is 130 cm³/mol. The zero-order valence-corrected chi connectivity index (χ0v) is 19.2. The van der Waals surface area contributed by atoms with Crippen LogP contribution < -0.4 is 15.2 Å². The highest BCUT2D eigenvalue weighted by atomic mass is 32.2. The number of nitrogen functional groups attached to an aromatic ring is 1. The van der Waals surface area contributed by atoms with Gasteiger partial charge in [-0.15, -0.1) is 11.8 Å². The lowest BCUT2D eigenvalue weighted by Crippen LogP contribution is -2.49. The van der Waals surface area contributed by atoms with Gasteiger partial charge in [0.2, 0.25) is 12.7 Å². The van der Waals surface area contributed by atoms with E-state index in [9.17, 15) is 4.79 Å². The number of nitrogens with zero attached hydrogens (tertiary/aromatic N) is 2. The van der Waals surface area contributed by atoms with Crippen molar-refractivity contribution in [2.45, 2.75) is 16.7 Å². The van der Waals surface area contributed by atoms with E-state index in [1.807, 2.05) is 65.6 Å². The fourth-order valence-electron chi connectivity index (χ4n) is 4.16. The number of hydrogen-bond donors (Lipinski definition) is 1. The van der Waals surface area contributed by atoms with Gasteiger partial charge in [-0.1, -0.05) is 36.4 Å². The highest BCUT2D eigenvalue weighted by molar-refractivity contribution is 8.00. The van der Waals surface area contributed by atoms with Crippen molar-refractivity contribution in [3.63, 3.8) is 0 Å². The highest BCUT2D eigenvalue weighted by Crippen LogP contribution is 2.37. The quantitative estimate of drug-likeness (QED) is 0.439. The van der Waals surface area contributed by atoms with Crippen LogP contribution in [0.5, 0.6) is 11.5 Å². The first kappa shape index (κ1) is 21.7. The molecule has 2 aliphatic rings. The minimum atomic E-state index is -0.282. The van der Waals surface area contributed by atoms with Gasteiger partial charge in [0.25, 0.3) is 0 Å². The van der Waals surface area contributed by atoms with E-state index in [1.165, 1.54) is 5.56 Å². The maximum Gasteiger partial charge on any atom is 0.240 e. The SMILES string of the molecule is Nc1ccc(SC(C(=O)N2CCN(Cc3ccc4c(c3)OCO4)CC2)c2ccccc2)cc1. The van der Waals surface area contributed by atoms with E-state index >= 15 is 0 Å². The number of benzene rings is 3. The van der Waals surface area contributed by atoms with Gasteiger partial charge in [-0.05, 0) is 47.5 Å². The number of ether oxygens (including phenoxy) is 2. The third-order valence-electron chi connectivity index (χ3n) is 5.99. The number of thioether (sulfide) groups is 1. The molecule has 2 heterocycles. The molecule has 0 spiro atoms. The Morgan fingerprint density at radius 2 is 1.64 bits per heavy atom. The summed E-state index contributed by atoms with van der Waals surface area (Å²) in [5.74, 6) is 1.78. The summed E-state index contributed by atoms with van der Waals surface area (Å²) in [4.78, 5) is 19.0. The maximum absolute atomic E-state index is 13.6. The highest BCUT2D eigenvalue weighted by Gasteiger charge is 2.29. The van der Waals surface area contributed by atoms with Gasteiger partial charge in [-0.3, -0.25) is 9.69 Å². The monoisotopic (exact) mass is 461 g/mol. The minimum Gasteiger partial charge on any atom is -0.454 e. The van der Waals surface area contributed by atoms with E-state index in [1.54, 1.807) is 11.8 Å². The van der Waals surface area contributed by atoms with Crippen molar-refractivity contribution in [3.05, 3.63) is 83.9 Å². The number of fused-ring (bicyclic) bond motifs is 1. The molecule has 3 aromatic rings. The van der Waals surface area contributed by atoms with E-state index in [4.69, 9.17) is 15.2 Å². The van der Waals surface area contributed by atoms with Crippen molar-refractivity contribution in [2.75, 3.05) is 38.7 Å². The van der Waals surface area contributed by atoms with Gasteiger partial charge < -0.3 is 20.1 Å². The van der Waals surface area contributed by atoms with E-state index < -0.39 is 0 Å². The molecule has 33 heavy (non-hydrogen) atoms. The molecule has 2 N–H and O–H groups in total. The maximum atomic E-state index is 13.6. The Hall–Kier alpha value is -3.16. The standard InChI is InChI=1S/C26H27N3O3S/c27-21-7-9-22(10-8-21)33-25(20-4-2-1-3-5-20)26(30)29-14-12-28(13-15-29)17-19-6-11-23-24(16-19)32-18-31-23/h1-11,16,25H,12-15,17-18,27H2. The zero-order chi connectivity index (χ0) is 22.6. The predicted octanol–water partition coefficient (Wildman–Crippen LogP) is 4.18. The van der Waals surface area contributed by atoms with E-state index in [2.05, 4.69) is 17.0 Å². The van der Waals surface area contributed by atoms with Crippen LogP contribution in [-0.2, 0) is 11.3 Å². The van der Waals surface area contributed by atoms with Gasteiger partial charge in [0, 0.05) is 43.3 Å². The molecule has 1 unspecified atom stereocenters. The molecule has 3 aromatic carbocycles. The fourth-order valence-corrected chi connectivity index (χ4v) is 5.27. The molecule has 0 aliphatic carbocycles.